The molecule has 8 nitrogen and oxygen atoms in total. The van der Waals surface area contributed by atoms with Gasteiger partial charge < -0.3 is 15.2 Å². The third-order valence-corrected chi connectivity index (χ3v) is 8.50. The fraction of sp³-hybridized carbons (Fsp3) is 0.471. The lowest BCUT2D eigenvalue weighted by atomic mass is 9.88. The number of hydrogen-bond donors (Lipinski definition) is 3. The van der Waals surface area contributed by atoms with E-state index in [2.05, 4.69) is 30.5 Å². The Hall–Kier alpha value is -3.78. The van der Waals surface area contributed by atoms with Crippen molar-refractivity contribution in [2.75, 3.05) is 31.5 Å². The number of carbonyl (C=O) groups excluding carboxylic acids is 2. The number of hydrogen-bond acceptors (Lipinski definition) is 5. The highest BCUT2D eigenvalue weighted by atomic mass is 16.2. The number of carbonyl (C=O) groups is 2. The minimum Gasteiger partial charge on any atom is -0.352 e. The van der Waals surface area contributed by atoms with Gasteiger partial charge in [-0.05, 0) is 68.0 Å². The van der Waals surface area contributed by atoms with Gasteiger partial charge in [-0.2, -0.15) is 0 Å². The van der Waals surface area contributed by atoms with E-state index in [4.69, 9.17) is 0 Å². The first-order valence-electron chi connectivity index (χ1n) is 15.7. The number of aromatic amines is 1. The number of anilines is 1. The van der Waals surface area contributed by atoms with Crippen LogP contribution in [0.1, 0.15) is 75.7 Å². The number of benzene rings is 1. The van der Waals surface area contributed by atoms with E-state index in [0.717, 1.165) is 29.7 Å². The van der Waals surface area contributed by atoms with Gasteiger partial charge in [0.15, 0.2) is 0 Å². The third-order valence-electron chi connectivity index (χ3n) is 8.50. The maximum atomic E-state index is 13.4. The van der Waals surface area contributed by atoms with Crippen LogP contribution in [-0.4, -0.2) is 57.8 Å². The van der Waals surface area contributed by atoms with Crippen molar-refractivity contribution in [3.05, 3.63) is 65.1 Å². The number of imidazole rings is 1. The van der Waals surface area contributed by atoms with E-state index in [1.807, 2.05) is 56.3 Å². The predicted molar refractivity (Wildman–Crippen MR) is 169 cm³/mol. The Morgan fingerprint density at radius 2 is 1.79 bits per heavy atom. The molecule has 2 amide bonds. The van der Waals surface area contributed by atoms with Crippen molar-refractivity contribution < 1.29 is 9.59 Å². The second-order valence-electron chi connectivity index (χ2n) is 11.5. The third kappa shape index (κ3) is 7.34. The van der Waals surface area contributed by atoms with Crippen LogP contribution < -0.4 is 21.3 Å². The zero-order valence-corrected chi connectivity index (χ0v) is 25.0. The number of nitrogens with one attached hydrogen (secondary N) is 3. The van der Waals surface area contributed by atoms with Crippen LogP contribution in [0.4, 0.5) is 5.95 Å². The first-order chi connectivity index (χ1) is 20.6. The molecule has 1 atom stereocenters. The van der Waals surface area contributed by atoms with Gasteiger partial charge in [-0.25, -0.2) is 4.98 Å². The normalized spacial score (nSPS) is 19.2. The Morgan fingerprint density at radius 1 is 1.00 bits per heavy atom. The van der Waals surface area contributed by atoms with E-state index in [9.17, 15) is 9.59 Å². The Kier molecular flexibility index (Phi) is 10.2. The smallest absolute Gasteiger partial charge is 0.276 e. The van der Waals surface area contributed by atoms with Crippen LogP contribution >= 0.6 is 0 Å². The highest BCUT2D eigenvalue weighted by Crippen LogP contribution is 2.26. The summed E-state index contributed by atoms with van der Waals surface area (Å²) in [4.78, 5) is 41.0. The van der Waals surface area contributed by atoms with Crippen LogP contribution in [-0.2, 0) is 4.79 Å². The quantitative estimate of drug-likeness (QED) is 0.389. The summed E-state index contributed by atoms with van der Waals surface area (Å²) in [5.41, 5.74) is 0.913. The maximum absolute atomic E-state index is 13.4. The lowest BCUT2D eigenvalue weighted by Crippen LogP contribution is -2.43. The van der Waals surface area contributed by atoms with Crippen molar-refractivity contribution in [1.82, 2.24) is 25.2 Å². The minimum atomic E-state index is -0.355. The molecule has 1 aliphatic heterocycles. The van der Waals surface area contributed by atoms with E-state index >= 15 is 0 Å². The molecule has 3 N–H and O–H groups in total. The van der Waals surface area contributed by atoms with Crippen LogP contribution in [0.15, 0.2) is 48.7 Å². The molecular formula is C34H44N6O2. The van der Waals surface area contributed by atoms with E-state index in [0.29, 0.717) is 46.8 Å². The predicted octanol–water partition coefficient (Wildman–Crippen LogP) is 4.54. The molecule has 42 heavy (non-hydrogen) atoms. The number of fused-ring (bicyclic) bond motifs is 2. The van der Waals surface area contributed by atoms with Gasteiger partial charge in [-0.15, -0.1) is 0 Å². The molecule has 2 aromatic heterocycles. The molecule has 3 heterocycles. The summed E-state index contributed by atoms with van der Waals surface area (Å²) in [7, 11) is 0. The average Bonchev–Trinajstić information content (AvgIpc) is 3.32. The molecular weight excluding hydrogens is 524 g/mol. The average molecular weight is 569 g/mol. The molecule has 222 valence electrons. The van der Waals surface area contributed by atoms with Crippen molar-refractivity contribution in [3.8, 4) is 0 Å². The number of aromatic nitrogens is 3. The van der Waals surface area contributed by atoms with Gasteiger partial charge in [0.25, 0.3) is 5.91 Å². The Balaban J connectivity index is 0.00000173. The Morgan fingerprint density at radius 3 is 2.62 bits per heavy atom. The Bertz CT molecular complexity index is 1530. The van der Waals surface area contributed by atoms with Crippen LogP contribution in [0.3, 0.4) is 0 Å². The van der Waals surface area contributed by atoms with Crippen molar-refractivity contribution in [1.29, 1.82) is 0 Å². The van der Waals surface area contributed by atoms with Crippen LogP contribution in [0.25, 0.3) is 22.4 Å². The van der Waals surface area contributed by atoms with Gasteiger partial charge in [0.1, 0.15) is 5.69 Å². The number of allylic oxidation sites excluding steroid dienone is 2. The second kappa shape index (κ2) is 14.4. The highest BCUT2D eigenvalue weighted by Gasteiger charge is 2.24. The molecule has 3 aliphatic rings. The van der Waals surface area contributed by atoms with E-state index in [1.54, 1.807) is 12.3 Å². The standard InChI is InChI=1S/C32H38N6O2.C2H6/c39-30(34-18-23-11-8-16-38(21-23)20-22-9-2-1-3-10-22)26-14-6-7-15-27-29(26)36-32(35-27)37-31(40)28-17-24-12-4-5-13-25(24)19-33-28;1-2/h4-7,12-13,15,17,19,22-23H,1-3,8-11,14,16,18,20-21H2,(H,34,39)(H2,35,36,37,40);1-2H3. The molecule has 0 spiro atoms. The molecule has 2 aliphatic carbocycles. The molecule has 1 saturated carbocycles. The number of pyridine rings is 1. The van der Waals surface area contributed by atoms with Gasteiger partial charge >= 0.3 is 0 Å². The van der Waals surface area contributed by atoms with Gasteiger partial charge in [0, 0.05) is 36.8 Å². The monoisotopic (exact) mass is 568 g/mol. The maximum Gasteiger partial charge on any atom is 0.276 e. The van der Waals surface area contributed by atoms with E-state index in [1.165, 1.54) is 51.6 Å². The first kappa shape index (κ1) is 29.7. The van der Waals surface area contributed by atoms with Crippen LogP contribution in [0.2, 0.25) is 0 Å². The van der Waals surface area contributed by atoms with E-state index in [-0.39, 0.29) is 11.8 Å². The number of nitrogens with zero attached hydrogens (tertiary/aromatic N) is 3. The number of piperidine rings is 1. The van der Waals surface area contributed by atoms with Crippen molar-refractivity contribution in [2.45, 2.75) is 65.2 Å². The van der Waals surface area contributed by atoms with Gasteiger partial charge in [-0.3, -0.25) is 19.9 Å². The van der Waals surface area contributed by atoms with Gasteiger partial charge in [-0.1, -0.05) is 69.5 Å². The van der Waals surface area contributed by atoms with Crippen molar-refractivity contribution in [3.63, 3.8) is 0 Å². The second-order valence-corrected chi connectivity index (χ2v) is 11.5. The largest absolute Gasteiger partial charge is 0.352 e. The fourth-order valence-corrected chi connectivity index (χ4v) is 6.39. The molecule has 1 aromatic carbocycles. The molecule has 3 aromatic rings. The molecule has 6 rings (SSSR count). The Labute approximate surface area is 248 Å². The summed E-state index contributed by atoms with van der Waals surface area (Å²) in [5.74, 6) is 1.17. The molecule has 8 heteroatoms. The summed E-state index contributed by atoms with van der Waals surface area (Å²) >= 11 is 0. The molecule has 2 fully saturated rings. The van der Waals surface area contributed by atoms with Gasteiger partial charge in [0.2, 0.25) is 11.9 Å². The fourth-order valence-electron chi connectivity index (χ4n) is 6.39. The lowest BCUT2D eigenvalue weighted by molar-refractivity contribution is -0.116. The molecule has 0 bridgehead atoms. The summed E-state index contributed by atoms with van der Waals surface area (Å²) in [6, 6.07) is 9.55. The van der Waals surface area contributed by atoms with Crippen molar-refractivity contribution in [2.24, 2.45) is 11.8 Å². The summed E-state index contributed by atoms with van der Waals surface area (Å²) in [5, 5.41) is 9.22. The summed E-state index contributed by atoms with van der Waals surface area (Å²) in [6.45, 7) is 8.13. The summed E-state index contributed by atoms with van der Waals surface area (Å²) in [6.07, 6.45) is 17.2. The van der Waals surface area contributed by atoms with Crippen molar-refractivity contribution >= 4 is 40.2 Å². The van der Waals surface area contributed by atoms with Gasteiger partial charge in [0.05, 0.1) is 10.7 Å². The minimum absolute atomic E-state index is 0.0915. The van der Waals surface area contributed by atoms with Crippen LogP contribution in [0.5, 0.6) is 0 Å². The topological polar surface area (TPSA) is 103 Å². The number of rotatable bonds is 7. The zero-order chi connectivity index (χ0) is 29.3. The zero-order valence-electron chi connectivity index (χ0n) is 25.0. The molecule has 0 radical (unpaired) electrons. The number of likely N-dealkylation sites (tertiary alicyclic amines) is 1. The van der Waals surface area contributed by atoms with E-state index < -0.39 is 0 Å². The lowest BCUT2D eigenvalue weighted by Gasteiger charge is -2.36. The molecule has 1 saturated heterocycles. The first-order valence-corrected chi connectivity index (χ1v) is 15.7. The number of amides is 2. The highest BCUT2D eigenvalue weighted by molar-refractivity contribution is 6.13. The number of H-pyrrole nitrogens is 1. The SMILES string of the molecule is CC.O=C(NCC1CCCN(CC2CCCCC2)C1)C1=c2nc(NC(=O)c3cc4ccccc4cn3)[nH]c2=CC=CC1. The van der Waals surface area contributed by atoms with Crippen LogP contribution in [0, 0.1) is 11.8 Å². The molecule has 1 unspecified atom stereocenters. The summed E-state index contributed by atoms with van der Waals surface area (Å²) < 4.78 is 0.